The minimum atomic E-state index is -2.81. The second-order valence-electron chi connectivity index (χ2n) is 9.35. The predicted octanol–water partition coefficient (Wildman–Crippen LogP) is 3.93. The van der Waals surface area contributed by atoms with E-state index in [0.29, 0.717) is 17.8 Å². The number of halogens is 1. The van der Waals surface area contributed by atoms with Crippen LogP contribution in [0.15, 0.2) is 42.5 Å². The minimum Gasteiger partial charge on any atom is -0.432 e. The number of nitrogens with zero attached hydrogens (tertiary/aromatic N) is 2. The highest BCUT2D eigenvalue weighted by molar-refractivity contribution is 14.1. The van der Waals surface area contributed by atoms with Crippen molar-refractivity contribution in [1.82, 2.24) is 0 Å². The Bertz CT molecular complexity index is 1090. The molecule has 10 heteroatoms. The number of aliphatic hydroxyl groups excluding tert-OH is 1. The number of anilines is 1. The van der Waals surface area contributed by atoms with E-state index in [1.165, 1.54) is 12.1 Å². The standard InChI is InChI=1S/C23H27IN2O6Si/c1-14-21(33(2,3)31)20(10-11-27)32-23(14)18-12-17(26(29)30)8-9-19(18)25(22(23)28)13-15-4-6-16(24)7-5-15/h4-9,12,14,20-21,27,31H,10-11,13H2,1-3H3/t14-,20+,21-,23+/m0/s1. The molecule has 1 fully saturated rings. The van der Waals surface area contributed by atoms with Crippen LogP contribution in [0, 0.1) is 19.6 Å². The first-order valence-electron chi connectivity index (χ1n) is 10.9. The fraction of sp³-hybridized carbons (Fsp3) is 0.435. The maximum Gasteiger partial charge on any atom is 0.269 e. The maximum atomic E-state index is 14.1. The number of benzene rings is 2. The summed E-state index contributed by atoms with van der Waals surface area (Å²) in [7, 11) is -2.81. The highest BCUT2D eigenvalue weighted by atomic mass is 127. The van der Waals surface area contributed by atoms with Gasteiger partial charge in [-0.05, 0) is 65.9 Å². The van der Waals surface area contributed by atoms with Crippen LogP contribution in [0.5, 0.6) is 0 Å². The zero-order valence-corrected chi connectivity index (χ0v) is 21.9. The molecule has 4 atom stereocenters. The van der Waals surface area contributed by atoms with Crippen LogP contribution in [0.1, 0.15) is 24.5 Å². The zero-order valence-electron chi connectivity index (χ0n) is 18.7. The predicted molar refractivity (Wildman–Crippen MR) is 134 cm³/mol. The van der Waals surface area contributed by atoms with E-state index in [1.54, 1.807) is 24.1 Å². The molecule has 2 heterocycles. The van der Waals surface area contributed by atoms with Gasteiger partial charge in [-0.25, -0.2) is 0 Å². The van der Waals surface area contributed by atoms with Gasteiger partial charge in [0, 0.05) is 39.3 Å². The molecule has 2 aliphatic rings. The van der Waals surface area contributed by atoms with Crippen molar-refractivity contribution < 1.29 is 24.4 Å². The molecule has 1 amide bonds. The lowest BCUT2D eigenvalue weighted by Gasteiger charge is -2.32. The van der Waals surface area contributed by atoms with Crippen LogP contribution in [0.4, 0.5) is 11.4 Å². The van der Waals surface area contributed by atoms with Gasteiger partial charge in [-0.3, -0.25) is 14.9 Å². The first kappa shape index (κ1) is 24.3. The van der Waals surface area contributed by atoms with Gasteiger partial charge < -0.3 is 19.5 Å². The topological polar surface area (TPSA) is 113 Å². The van der Waals surface area contributed by atoms with Crippen molar-refractivity contribution in [3.8, 4) is 0 Å². The Morgan fingerprint density at radius 2 is 1.91 bits per heavy atom. The number of aliphatic hydroxyl groups is 1. The molecule has 8 nitrogen and oxygen atoms in total. The summed E-state index contributed by atoms with van der Waals surface area (Å²) in [5, 5.41) is 21.2. The summed E-state index contributed by atoms with van der Waals surface area (Å²) in [4.78, 5) is 37.9. The molecule has 4 rings (SSSR count). The molecule has 33 heavy (non-hydrogen) atoms. The van der Waals surface area contributed by atoms with Crippen LogP contribution in [-0.4, -0.2) is 41.8 Å². The third-order valence-electron chi connectivity index (χ3n) is 6.85. The largest absolute Gasteiger partial charge is 0.432 e. The molecule has 0 aliphatic carbocycles. The number of hydrogen-bond donors (Lipinski definition) is 2. The van der Waals surface area contributed by atoms with E-state index < -0.39 is 30.9 Å². The molecule has 176 valence electrons. The average molecular weight is 582 g/mol. The minimum absolute atomic E-state index is 0.115. The van der Waals surface area contributed by atoms with Gasteiger partial charge in [0.25, 0.3) is 11.6 Å². The summed E-state index contributed by atoms with van der Waals surface area (Å²) in [6.07, 6.45) is -0.242. The van der Waals surface area contributed by atoms with Crippen LogP contribution in [0.3, 0.4) is 0 Å². The van der Waals surface area contributed by atoms with E-state index in [4.69, 9.17) is 4.74 Å². The van der Waals surface area contributed by atoms with Crippen molar-refractivity contribution in [2.75, 3.05) is 11.5 Å². The van der Waals surface area contributed by atoms with E-state index in [9.17, 15) is 24.8 Å². The maximum absolute atomic E-state index is 14.1. The third kappa shape index (κ3) is 4.01. The Balaban J connectivity index is 1.86. The summed E-state index contributed by atoms with van der Waals surface area (Å²) in [6.45, 7) is 5.64. The van der Waals surface area contributed by atoms with Crippen molar-refractivity contribution in [1.29, 1.82) is 0 Å². The molecule has 2 N–H and O–H groups in total. The monoisotopic (exact) mass is 582 g/mol. The van der Waals surface area contributed by atoms with Gasteiger partial charge in [-0.15, -0.1) is 0 Å². The quantitative estimate of drug-likeness (QED) is 0.231. The molecule has 0 bridgehead atoms. The first-order valence-corrected chi connectivity index (χ1v) is 15.0. The van der Waals surface area contributed by atoms with Crippen molar-refractivity contribution in [3.63, 3.8) is 0 Å². The fourth-order valence-electron chi connectivity index (χ4n) is 5.51. The Labute approximate surface area is 207 Å². The normalized spacial score (nSPS) is 26.8. The molecular formula is C23H27IN2O6Si. The van der Waals surface area contributed by atoms with Gasteiger partial charge in [0.05, 0.1) is 23.3 Å². The average Bonchev–Trinajstić information content (AvgIpc) is 3.17. The molecule has 2 aromatic carbocycles. The van der Waals surface area contributed by atoms with E-state index >= 15 is 0 Å². The van der Waals surface area contributed by atoms with Crippen LogP contribution in [0.2, 0.25) is 18.6 Å². The number of nitro benzene ring substituents is 1. The lowest BCUT2D eigenvalue weighted by molar-refractivity contribution is -0.385. The molecule has 0 unspecified atom stereocenters. The third-order valence-corrected chi connectivity index (χ3v) is 10.1. The number of carbonyl (C=O) groups is 1. The van der Waals surface area contributed by atoms with E-state index in [1.807, 2.05) is 31.2 Å². The van der Waals surface area contributed by atoms with Crippen molar-refractivity contribution in [3.05, 3.63) is 67.3 Å². The number of fused-ring (bicyclic) bond motifs is 2. The van der Waals surface area contributed by atoms with Crippen LogP contribution in [-0.2, 0) is 21.7 Å². The summed E-state index contributed by atoms with van der Waals surface area (Å²) in [6, 6.07) is 12.3. The van der Waals surface area contributed by atoms with Gasteiger partial charge in [0.2, 0.25) is 0 Å². The molecule has 0 radical (unpaired) electrons. The molecule has 1 spiro atoms. The van der Waals surface area contributed by atoms with Crippen LogP contribution >= 0.6 is 22.6 Å². The van der Waals surface area contributed by atoms with Crippen molar-refractivity contribution in [2.45, 2.75) is 50.2 Å². The number of ether oxygens (including phenoxy) is 1. The molecular weight excluding hydrogens is 555 g/mol. The van der Waals surface area contributed by atoms with Gasteiger partial charge in [-0.2, -0.15) is 0 Å². The van der Waals surface area contributed by atoms with Gasteiger partial charge in [0.1, 0.15) is 0 Å². The van der Waals surface area contributed by atoms with Crippen LogP contribution in [0.25, 0.3) is 0 Å². The zero-order chi connectivity index (χ0) is 24.1. The number of carbonyl (C=O) groups excluding carboxylic acids is 1. The highest BCUT2D eigenvalue weighted by Gasteiger charge is 2.66. The second-order valence-corrected chi connectivity index (χ2v) is 14.6. The Hall–Kier alpha value is -1.86. The highest BCUT2D eigenvalue weighted by Crippen LogP contribution is 2.60. The number of nitro groups is 1. The number of hydrogen-bond acceptors (Lipinski definition) is 6. The second kappa shape index (κ2) is 8.73. The lowest BCUT2D eigenvalue weighted by Crippen LogP contribution is -2.46. The molecule has 2 aliphatic heterocycles. The van der Waals surface area contributed by atoms with Crippen LogP contribution < -0.4 is 4.90 Å². The summed E-state index contributed by atoms with van der Waals surface area (Å²) < 4.78 is 7.54. The Kier molecular flexibility index (Phi) is 6.42. The molecule has 0 aromatic heterocycles. The summed E-state index contributed by atoms with van der Waals surface area (Å²) in [5.41, 5.74) is 0.0907. The molecule has 0 saturated carbocycles. The number of non-ortho nitro benzene ring substituents is 1. The molecule has 1 saturated heterocycles. The molecule has 2 aromatic rings. The van der Waals surface area contributed by atoms with Gasteiger partial charge in [-0.1, -0.05) is 19.1 Å². The van der Waals surface area contributed by atoms with Gasteiger partial charge >= 0.3 is 0 Å². The SMILES string of the molecule is C[C@H]1[C@H]([Si](C)(C)O)[C@@H](CCO)O[C@]12C(=O)N(Cc1ccc(I)cc1)c1ccc([N+](=O)[O-])cc12. The first-order chi connectivity index (χ1) is 15.5. The summed E-state index contributed by atoms with van der Waals surface area (Å²) >= 11 is 2.22. The van der Waals surface area contributed by atoms with Crippen molar-refractivity contribution >= 4 is 48.2 Å². The number of amides is 1. The smallest absolute Gasteiger partial charge is 0.269 e. The van der Waals surface area contributed by atoms with Gasteiger partial charge in [0.15, 0.2) is 13.9 Å². The Morgan fingerprint density at radius 1 is 1.24 bits per heavy atom. The lowest BCUT2D eigenvalue weighted by atomic mass is 9.82. The van der Waals surface area contributed by atoms with Crippen molar-refractivity contribution in [2.24, 2.45) is 5.92 Å². The van der Waals surface area contributed by atoms with E-state index in [0.717, 1.165) is 9.13 Å². The Morgan fingerprint density at radius 3 is 2.48 bits per heavy atom. The summed E-state index contributed by atoms with van der Waals surface area (Å²) in [5.74, 6) is -0.705. The fourth-order valence-corrected chi connectivity index (χ4v) is 8.47. The number of rotatable bonds is 6. The van der Waals surface area contributed by atoms with E-state index in [-0.39, 0.29) is 30.2 Å². The van der Waals surface area contributed by atoms with E-state index in [2.05, 4.69) is 22.6 Å².